The van der Waals surface area contributed by atoms with Crippen LogP contribution in [0, 0.1) is 0 Å². The molecule has 1 N–H and O–H groups in total. The Kier molecular flexibility index (Phi) is 4.68. The standard InChI is InChI=1S/C12H17NO2S/c1-8(2)13-12(14)10-6-5-9(16-4)7-11(10)15-3/h5-8H,1-4H3,(H,13,14). The van der Waals surface area contributed by atoms with E-state index in [0.717, 1.165) is 4.90 Å². The van der Waals surface area contributed by atoms with E-state index < -0.39 is 0 Å². The lowest BCUT2D eigenvalue weighted by Crippen LogP contribution is -2.30. The Morgan fingerprint density at radius 3 is 2.62 bits per heavy atom. The van der Waals surface area contributed by atoms with Crippen LogP contribution in [0.15, 0.2) is 23.1 Å². The van der Waals surface area contributed by atoms with Gasteiger partial charge in [-0.15, -0.1) is 11.8 Å². The van der Waals surface area contributed by atoms with E-state index in [0.29, 0.717) is 11.3 Å². The molecule has 0 aliphatic heterocycles. The number of methoxy groups -OCH3 is 1. The van der Waals surface area contributed by atoms with E-state index in [9.17, 15) is 4.79 Å². The Balaban J connectivity index is 2.99. The van der Waals surface area contributed by atoms with Crippen molar-refractivity contribution in [3.05, 3.63) is 23.8 Å². The Labute approximate surface area is 101 Å². The van der Waals surface area contributed by atoms with Crippen molar-refractivity contribution < 1.29 is 9.53 Å². The fourth-order valence-corrected chi connectivity index (χ4v) is 1.76. The lowest BCUT2D eigenvalue weighted by atomic mass is 10.2. The number of benzene rings is 1. The van der Waals surface area contributed by atoms with Gasteiger partial charge < -0.3 is 10.1 Å². The largest absolute Gasteiger partial charge is 0.496 e. The lowest BCUT2D eigenvalue weighted by molar-refractivity contribution is 0.0940. The van der Waals surface area contributed by atoms with E-state index in [1.54, 1.807) is 24.9 Å². The zero-order valence-corrected chi connectivity index (χ0v) is 10.9. The fraction of sp³-hybridized carbons (Fsp3) is 0.417. The van der Waals surface area contributed by atoms with Gasteiger partial charge in [-0.05, 0) is 38.3 Å². The second-order valence-corrected chi connectivity index (χ2v) is 4.57. The maximum Gasteiger partial charge on any atom is 0.255 e. The van der Waals surface area contributed by atoms with Crippen LogP contribution in [0.1, 0.15) is 24.2 Å². The van der Waals surface area contributed by atoms with Crippen LogP contribution < -0.4 is 10.1 Å². The van der Waals surface area contributed by atoms with Gasteiger partial charge in [-0.1, -0.05) is 0 Å². The second kappa shape index (κ2) is 5.80. The first-order valence-corrected chi connectivity index (χ1v) is 6.34. The number of carbonyl (C=O) groups is 1. The van der Waals surface area contributed by atoms with E-state index in [2.05, 4.69) is 5.32 Å². The van der Waals surface area contributed by atoms with Crippen LogP contribution in [0.3, 0.4) is 0 Å². The summed E-state index contributed by atoms with van der Waals surface area (Å²) in [6.45, 7) is 3.86. The van der Waals surface area contributed by atoms with Crippen molar-refractivity contribution in [1.82, 2.24) is 5.32 Å². The number of thioether (sulfide) groups is 1. The van der Waals surface area contributed by atoms with Crippen LogP contribution in [0.4, 0.5) is 0 Å². The minimum atomic E-state index is -0.0977. The summed E-state index contributed by atoms with van der Waals surface area (Å²) in [5, 5.41) is 2.85. The van der Waals surface area contributed by atoms with Crippen molar-refractivity contribution in [2.24, 2.45) is 0 Å². The quantitative estimate of drug-likeness (QED) is 0.821. The zero-order chi connectivity index (χ0) is 12.1. The molecule has 0 atom stereocenters. The molecule has 16 heavy (non-hydrogen) atoms. The van der Waals surface area contributed by atoms with Crippen molar-refractivity contribution in [2.45, 2.75) is 24.8 Å². The number of hydrogen-bond donors (Lipinski definition) is 1. The number of ether oxygens (including phenoxy) is 1. The Morgan fingerprint density at radius 1 is 1.44 bits per heavy atom. The molecule has 0 aliphatic carbocycles. The summed E-state index contributed by atoms with van der Waals surface area (Å²) in [6.07, 6.45) is 1.99. The van der Waals surface area contributed by atoms with Crippen LogP contribution >= 0.6 is 11.8 Å². The molecule has 88 valence electrons. The molecule has 0 saturated heterocycles. The number of carbonyl (C=O) groups excluding carboxylic acids is 1. The molecule has 1 amide bonds. The van der Waals surface area contributed by atoms with E-state index >= 15 is 0 Å². The first-order chi connectivity index (χ1) is 7.58. The van der Waals surface area contributed by atoms with Crippen molar-refractivity contribution in [1.29, 1.82) is 0 Å². The molecular weight excluding hydrogens is 222 g/mol. The molecule has 0 saturated carbocycles. The van der Waals surface area contributed by atoms with Crippen molar-refractivity contribution in [3.8, 4) is 5.75 Å². The Bertz CT molecular complexity index is 377. The van der Waals surface area contributed by atoms with Gasteiger partial charge >= 0.3 is 0 Å². The molecule has 0 spiro atoms. The van der Waals surface area contributed by atoms with Crippen molar-refractivity contribution in [2.75, 3.05) is 13.4 Å². The molecule has 0 aliphatic rings. The van der Waals surface area contributed by atoms with Gasteiger partial charge in [0, 0.05) is 10.9 Å². The maximum absolute atomic E-state index is 11.8. The SMILES string of the molecule is COc1cc(SC)ccc1C(=O)NC(C)C. The summed E-state index contributed by atoms with van der Waals surface area (Å²) in [5.41, 5.74) is 0.578. The average Bonchev–Trinajstić information content (AvgIpc) is 2.27. The van der Waals surface area contributed by atoms with Gasteiger partial charge in [-0.2, -0.15) is 0 Å². The fourth-order valence-electron chi connectivity index (χ4n) is 1.33. The van der Waals surface area contributed by atoms with Gasteiger partial charge in [0.05, 0.1) is 12.7 Å². The molecule has 0 fully saturated rings. The van der Waals surface area contributed by atoms with Gasteiger partial charge in [-0.3, -0.25) is 4.79 Å². The number of nitrogens with one attached hydrogen (secondary N) is 1. The first kappa shape index (κ1) is 12.9. The molecule has 1 aromatic rings. The normalized spacial score (nSPS) is 10.3. The van der Waals surface area contributed by atoms with Crippen LogP contribution in [0.2, 0.25) is 0 Å². The summed E-state index contributed by atoms with van der Waals surface area (Å²) in [6, 6.07) is 5.71. The smallest absolute Gasteiger partial charge is 0.255 e. The third-order valence-electron chi connectivity index (χ3n) is 2.07. The minimum Gasteiger partial charge on any atom is -0.496 e. The highest BCUT2D eigenvalue weighted by Crippen LogP contribution is 2.25. The van der Waals surface area contributed by atoms with Gasteiger partial charge in [0.2, 0.25) is 0 Å². The first-order valence-electron chi connectivity index (χ1n) is 5.11. The lowest BCUT2D eigenvalue weighted by Gasteiger charge is -2.12. The van der Waals surface area contributed by atoms with Gasteiger partial charge in [-0.25, -0.2) is 0 Å². The number of rotatable bonds is 4. The van der Waals surface area contributed by atoms with Crippen LogP contribution in [0.5, 0.6) is 5.75 Å². The summed E-state index contributed by atoms with van der Waals surface area (Å²) in [4.78, 5) is 12.9. The highest BCUT2D eigenvalue weighted by Gasteiger charge is 2.13. The minimum absolute atomic E-state index is 0.0977. The summed E-state index contributed by atoms with van der Waals surface area (Å²) >= 11 is 1.62. The van der Waals surface area contributed by atoms with Crippen LogP contribution in [0.25, 0.3) is 0 Å². The molecule has 0 radical (unpaired) electrons. The molecule has 3 nitrogen and oxygen atoms in total. The van der Waals surface area contributed by atoms with Crippen molar-refractivity contribution in [3.63, 3.8) is 0 Å². The van der Waals surface area contributed by atoms with E-state index in [1.807, 2.05) is 32.2 Å². The highest BCUT2D eigenvalue weighted by molar-refractivity contribution is 7.98. The molecule has 0 heterocycles. The van der Waals surface area contributed by atoms with Gasteiger partial charge in [0.15, 0.2) is 0 Å². The van der Waals surface area contributed by atoms with Gasteiger partial charge in [0.25, 0.3) is 5.91 Å². The van der Waals surface area contributed by atoms with Crippen LogP contribution in [-0.2, 0) is 0 Å². The predicted octanol–water partition coefficient (Wildman–Crippen LogP) is 2.56. The number of amides is 1. The summed E-state index contributed by atoms with van der Waals surface area (Å²) in [7, 11) is 1.57. The van der Waals surface area contributed by atoms with E-state index in [4.69, 9.17) is 4.74 Å². The predicted molar refractivity (Wildman–Crippen MR) is 67.4 cm³/mol. The molecule has 1 aromatic carbocycles. The third-order valence-corrected chi connectivity index (χ3v) is 2.80. The monoisotopic (exact) mass is 239 g/mol. The second-order valence-electron chi connectivity index (χ2n) is 3.69. The Hall–Kier alpha value is -1.16. The Morgan fingerprint density at radius 2 is 2.12 bits per heavy atom. The summed E-state index contributed by atoms with van der Waals surface area (Å²) < 4.78 is 5.22. The van der Waals surface area contributed by atoms with Crippen LogP contribution in [-0.4, -0.2) is 25.3 Å². The van der Waals surface area contributed by atoms with Gasteiger partial charge in [0.1, 0.15) is 5.75 Å². The molecule has 0 aromatic heterocycles. The van der Waals surface area contributed by atoms with Crippen molar-refractivity contribution >= 4 is 17.7 Å². The summed E-state index contributed by atoms with van der Waals surface area (Å²) in [5.74, 6) is 0.518. The number of hydrogen-bond acceptors (Lipinski definition) is 3. The topological polar surface area (TPSA) is 38.3 Å². The average molecular weight is 239 g/mol. The molecule has 0 unspecified atom stereocenters. The van der Waals surface area contributed by atoms with E-state index in [1.165, 1.54) is 0 Å². The molecular formula is C12H17NO2S. The molecule has 4 heteroatoms. The molecule has 1 rings (SSSR count). The molecule has 0 bridgehead atoms. The van der Waals surface area contributed by atoms with E-state index in [-0.39, 0.29) is 11.9 Å². The maximum atomic E-state index is 11.8. The third kappa shape index (κ3) is 3.17. The zero-order valence-electron chi connectivity index (χ0n) is 10.0. The highest BCUT2D eigenvalue weighted by atomic mass is 32.2.